The summed E-state index contributed by atoms with van der Waals surface area (Å²) in [5.74, 6) is 1.86. The molecule has 0 aromatic heterocycles. The van der Waals surface area contributed by atoms with Crippen molar-refractivity contribution in [3.8, 4) is 11.5 Å². The number of anilines is 1. The molecule has 0 fully saturated rings. The third-order valence-corrected chi connectivity index (χ3v) is 4.22. The first-order valence-electron chi connectivity index (χ1n) is 9.22. The first kappa shape index (κ1) is 25.8. The lowest BCUT2D eigenvalue weighted by Crippen LogP contribution is -2.41. The minimum Gasteiger partial charge on any atom is -0.495 e. The van der Waals surface area contributed by atoms with E-state index in [1.165, 1.54) is 6.92 Å². The van der Waals surface area contributed by atoms with Gasteiger partial charge in [0.1, 0.15) is 17.6 Å². The summed E-state index contributed by atoms with van der Waals surface area (Å²) in [5, 5.41) is 9.92. The van der Waals surface area contributed by atoms with E-state index in [1.807, 2.05) is 37.3 Å². The second kappa shape index (κ2) is 13.2. The summed E-state index contributed by atoms with van der Waals surface area (Å²) in [5.41, 5.74) is 1.61. The van der Waals surface area contributed by atoms with Gasteiger partial charge in [-0.25, -0.2) is 0 Å². The molecule has 0 aliphatic heterocycles. The van der Waals surface area contributed by atoms with Gasteiger partial charge in [0, 0.05) is 25.5 Å². The fourth-order valence-electron chi connectivity index (χ4n) is 2.59. The molecule has 2 rings (SSSR count). The zero-order chi connectivity index (χ0) is 21.2. The fraction of sp³-hybridized carbons (Fsp3) is 0.333. The van der Waals surface area contributed by atoms with Crippen LogP contribution in [0.25, 0.3) is 0 Å². The highest BCUT2D eigenvalue weighted by molar-refractivity contribution is 14.0. The molecule has 3 N–H and O–H groups in total. The predicted molar refractivity (Wildman–Crippen MR) is 132 cm³/mol. The van der Waals surface area contributed by atoms with E-state index in [2.05, 4.69) is 20.9 Å². The number of hydrogen-bond donors (Lipinski definition) is 3. The van der Waals surface area contributed by atoms with E-state index in [-0.39, 0.29) is 36.0 Å². The Kier molecular flexibility index (Phi) is 11.3. The number of methoxy groups -OCH3 is 1. The number of nitrogens with one attached hydrogen (secondary N) is 3. The van der Waals surface area contributed by atoms with Crippen molar-refractivity contribution >= 4 is 53.1 Å². The van der Waals surface area contributed by atoms with Gasteiger partial charge < -0.3 is 25.4 Å². The Labute approximate surface area is 199 Å². The largest absolute Gasteiger partial charge is 0.495 e. The maximum Gasteiger partial charge on any atom is 0.221 e. The molecule has 2 aromatic rings. The van der Waals surface area contributed by atoms with Crippen LogP contribution < -0.4 is 25.4 Å². The molecule has 0 saturated carbocycles. The van der Waals surface area contributed by atoms with Gasteiger partial charge in [-0.1, -0.05) is 17.7 Å². The highest BCUT2D eigenvalue weighted by Crippen LogP contribution is 2.25. The maximum atomic E-state index is 11.4. The van der Waals surface area contributed by atoms with Gasteiger partial charge in [0.25, 0.3) is 0 Å². The van der Waals surface area contributed by atoms with Crippen molar-refractivity contribution in [1.82, 2.24) is 10.6 Å². The third kappa shape index (κ3) is 8.66. The second-order valence-electron chi connectivity index (χ2n) is 6.40. The van der Waals surface area contributed by atoms with Gasteiger partial charge in [-0.15, -0.1) is 24.0 Å². The molecule has 30 heavy (non-hydrogen) atoms. The van der Waals surface area contributed by atoms with Gasteiger partial charge in [0.05, 0.1) is 19.3 Å². The SMILES string of the molecule is CN=C(NCc1ccc(OC)c(NC(C)=O)c1)NCC(C)Oc1ccc(Cl)cc1.I. The second-order valence-corrected chi connectivity index (χ2v) is 6.84. The summed E-state index contributed by atoms with van der Waals surface area (Å²) in [4.78, 5) is 15.6. The summed E-state index contributed by atoms with van der Waals surface area (Å²) < 4.78 is 11.1. The van der Waals surface area contributed by atoms with Gasteiger partial charge in [0.15, 0.2) is 5.96 Å². The quantitative estimate of drug-likeness (QED) is 0.264. The van der Waals surface area contributed by atoms with E-state index >= 15 is 0 Å². The molecule has 164 valence electrons. The number of rotatable bonds is 8. The number of amides is 1. The maximum absolute atomic E-state index is 11.4. The standard InChI is InChI=1S/C21H27ClN4O3.HI/c1-14(29-18-8-6-17(22)7-9-18)12-24-21(23-3)25-13-16-5-10-20(28-4)19(11-16)26-15(2)27;/h5-11,14H,12-13H2,1-4H3,(H,26,27)(H2,23,24,25);1H. The van der Waals surface area contributed by atoms with Crippen molar-refractivity contribution in [1.29, 1.82) is 0 Å². The van der Waals surface area contributed by atoms with E-state index < -0.39 is 0 Å². The lowest BCUT2D eigenvalue weighted by atomic mass is 10.2. The van der Waals surface area contributed by atoms with Crippen molar-refractivity contribution < 1.29 is 14.3 Å². The Morgan fingerprint density at radius 1 is 1.17 bits per heavy atom. The van der Waals surface area contributed by atoms with E-state index in [4.69, 9.17) is 21.1 Å². The van der Waals surface area contributed by atoms with Crippen LogP contribution >= 0.6 is 35.6 Å². The zero-order valence-electron chi connectivity index (χ0n) is 17.5. The molecule has 0 radical (unpaired) electrons. The lowest BCUT2D eigenvalue weighted by Gasteiger charge is -2.18. The molecule has 0 bridgehead atoms. The minimum absolute atomic E-state index is 0. The van der Waals surface area contributed by atoms with Crippen molar-refractivity contribution in [3.05, 3.63) is 53.1 Å². The highest BCUT2D eigenvalue weighted by Gasteiger charge is 2.08. The molecule has 1 atom stereocenters. The fourth-order valence-corrected chi connectivity index (χ4v) is 2.71. The van der Waals surface area contributed by atoms with Gasteiger partial charge >= 0.3 is 0 Å². The first-order valence-corrected chi connectivity index (χ1v) is 9.60. The van der Waals surface area contributed by atoms with E-state index in [0.29, 0.717) is 35.5 Å². The minimum atomic E-state index is -0.152. The van der Waals surface area contributed by atoms with Crippen LogP contribution in [0.2, 0.25) is 5.02 Å². The topological polar surface area (TPSA) is 84.0 Å². The van der Waals surface area contributed by atoms with E-state index in [0.717, 1.165) is 11.3 Å². The van der Waals surface area contributed by atoms with Crippen LogP contribution in [0.5, 0.6) is 11.5 Å². The summed E-state index contributed by atoms with van der Waals surface area (Å²) in [6, 6.07) is 12.9. The van der Waals surface area contributed by atoms with Crippen LogP contribution in [0.1, 0.15) is 19.4 Å². The monoisotopic (exact) mass is 546 g/mol. The molecular weight excluding hydrogens is 519 g/mol. The van der Waals surface area contributed by atoms with E-state index in [9.17, 15) is 4.79 Å². The molecule has 7 nitrogen and oxygen atoms in total. The molecule has 0 saturated heterocycles. The number of aliphatic imine (C=N–C) groups is 1. The molecule has 9 heteroatoms. The van der Waals surface area contributed by atoms with Crippen LogP contribution in [0.3, 0.4) is 0 Å². The molecular formula is C21H28ClIN4O3. The molecule has 2 aromatic carbocycles. The van der Waals surface area contributed by atoms with E-state index in [1.54, 1.807) is 26.3 Å². The Balaban J connectivity index is 0.00000450. The Morgan fingerprint density at radius 3 is 2.47 bits per heavy atom. The van der Waals surface area contributed by atoms with Gasteiger partial charge in [-0.05, 0) is 48.9 Å². The van der Waals surface area contributed by atoms with Crippen LogP contribution in [0, 0.1) is 0 Å². The van der Waals surface area contributed by atoms with Crippen LogP contribution in [-0.4, -0.2) is 38.7 Å². The molecule has 1 unspecified atom stereocenters. The Hall–Kier alpha value is -2.20. The average molecular weight is 547 g/mol. The number of hydrogen-bond acceptors (Lipinski definition) is 4. The number of nitrogens with zero attached hydrogens (tertiary/aromatic N) is 1. The van der Waals surface area contributed by atoms with Crippen LogP contribution in [0.15, 0.2) is 47.5 Å². The summed E-state index contributed by atoms with van der Waals surface area (Å²) in [6.07, 6.45) is -0.0675. The van der Waals surface area contributed by atoms with Crippen molar-refractivity contribution in [3.63, 3.8) is 0 Å². The first-order chi connectivity index (χ1) is 13.9. The molecule has 0 spiro atoms. The van der Waals surface area contributed by atoms with Gasteiger partial charge in [-0.3, -0.25) is 9.79 Å². The van der Waals surface area contributed by atoms with Crippen LogP contribution in [0.4, 0.5) is 5.69 Å². The zero-order valence-corrected chi connectivity index (χ0v) is 20.6. The highest BCUT2D eigenvalue weighted by atomic mass is 127. The number of benzene rings is 2. The van der Waals surface area contributed by atoms with Gasteiger partial charge in [-0.2, -0.15) is 0 Å². The number of ether oxygens (including phenoxy) is 2. The molecule has 0 heterocycles. The number of carbonyl (C=O) groups excluding carboxylic acids is 1. The number of carbonyl (C=O) groups is 1. The van der Waals surface area contributed by atoms with Crippen molar-refractivity contribution in [2.45, 2.75) is 26.5 Å². The summed E-state index contributed by atoms with van der Waals surface area (Å²) in [7, 11) is 3.27. The molecule has 1 amide bonds. The summed E-state index contributed by atoms with van der Waals surface area (Å²) >= 11 is 5.89. The van der Waals surface area contributed by atoms with Crippen molar-refractivity contribution in [2.24, 2.45) is 4.99 Å². The Bertz CT molecular complexity index is 847. The third-order valence-electron chi connectivity index (χ3n) is 3.97. The lowest BCUT2D eigenvalue weighted by molar-refractivity contribution is -0.114. The average Bonchev–Trinajstić information content (AvgIpc) is 2.69. The number of guanidine groups is 1. The molecule has 0 aliphatic carbocycles. The van der Waals surface area contributed by atoms with Crippen LogP contribution in [-0.2, 0) is 11.3 Å². The summed E-state index contributed by atoms with van der Waals surface area (Å²) in [6.45, 7) is 4.53. The Morgan fingerprint density at radius 2 is 1.87 bits per heavy atom. The molecule has 0 aliphatic rings. The predicted octanol–water partition coefficient (Wildman–Crippen LogP) is 4.06. The van der Waals surface area contributed by atoms with Crippen molar-refractivity contribution in [2.75, 3.05) is 26.0 Å². The van der Waals surface area contributed by atoms with Gasteiger partial charge in [0.2, 0.25) is 5.91 Å². The number of halogens is 2. The normalized spacial score (nSPS) is 11.7. The smallest absolute Gasteiger partial charge is 0.221 e.